The molecular weight excluding hydrogens is 436 g/mol. The van der Waals surface area contributed by atoms with Crippen LogP contribution in [0, 0.1) is 0 Å². The summed E-state index contributed by atoms with van der Waals surface area (Å²) in [5, 5.41) is 3.24. The summed E-state index contributed by atoms with van der Waals surface area (Å²) in [4.78, 5) is 13.0. The Morgan fingerprint density at radius 3 is 2.19 bits per heavy atom. The molecule has 3 rings (SSSR count). The molecule has 8 heteroatoms. The average Bonchev–Trinajstić information content (AvgIpc) is 2.78. The molecule has 0 aliphatic carbocycles. The SMILES string of the molecule is COc1ccc(CNC(=O)[C@@H](Cc2ccccc2)NS(=O)(=O)c2ccc(Cl)cc2)cc1. The van der Waals surface area contributed by atoms with Crippen molar-refractivity contribution in [2.24, 2.45) is 0 Å². The van der Waals surface area contributed by atoms with E-state index in [-0.39, 0.29) is 17.9 Å². The highest BCUT2D eigenvalue weighted by atomic mass is 35.5. The third-order valence-corrected chi connectivity index (χ3v) is 6.39. The number of carbonyl (C=O) groups is 1. The molecule has 0 aliphatic rings. The highest BCUT2D eigenvalue weighted by molar-refractivity contribution is 7.89. The fourth-order valence-electron chi connectivity index (χ4n) is 2.96. The van der Waals surface area contributed by atoms with Crippen molar-refractivity contribution in [1.29, 1.82) is 0 Å². The lowest BCUT2D eigenvalue weighted by Crippen LogP contribution is -2.47. The van der Waals surface area contributed by atoms with Crippen LogP contribution in [0.3, 0.4) is 0 Å². The Morgan fingerprint density at radius 1 is 0.935 bits per heavy atom. The number of halogens is 1. The lowest BCUT2D eigenvalue weighted by atomic mass is 10.1. The number of hydrogen-bond donors (Lipinski definition) is 2. The largest absolute Gasteiger partial charge is 0.497 e. The Bertz CT molecular complexity index is 1100. The molecule has 3 aromatic carbocycles. The molecule has 0 fully saturated rings. The Hall–Kier alpha value is -2.87. The molecule has 0 bridgehead atoms. The Morgan fingerprint density at radius 2 is 1.58 bits per heavy atom. The first kappa shape index (κ1) is 22.8. The van der Waals surface area contributed by atoms with E-state index in [9.17, 15) is 13.2 Å². The molecule has 1 amide bonds. The third-order valence-electron chi connectivity index (χ3n) is 4.65. The summed E-state index contributed by atoms with van der Waals surface area (Å²) in [7, 11) is -2.34. The molecule has 31 heavy (non-hydrogen) atoms. The van der Waals surface area contributed by atoms with Gasteiger partial charge in [0.25, 0.3) is 0 Å². The number of amides is 1. The van der Waals surface area contributed by atoms with E-state index in [0.717, 1.165) is 11.1 Å². The van der Waals surface area contributed by atoms with Crippen LogP contribution in [0.15, 0.2) is 83.8 Å². The van der Waals surface area contributed by atoms with Crippen molar-refractivity contribution in [2.45, 2.75) is 23.9 Å². The highest BCUT2D eigenvalue weighted by Crippen LogP contribution is 2.16. The van der Waals surface area contributed by atoms with E-state index in [4.69, 9.17) is 16.3 Å². The fraction of sp³-hybridized carbons (Fsp3) is 0.174. The summed E-state index contributed by atoms with van der Waals surface area (Å²) in [6, 6.07) is 21.3. The molecule has 1 atom stereocenters. The zero-order chi connectivity index (χ0) is 22.3. The summed E-state index contributed by atoms with van der Waals surface area (Å²) in [6.07, 6.45) is 0.210. The van der Waals surface area contributed by atoms with Gasteiger partial charge in [-0.3, -0.25) is 4.79 Å². The van der Waals surface area contributed by atoms with Gasteiger partial charge in [-0.15, -0.1) is 0 Å². The number of carbonyl (C=O) groups excluding carboxylic acids is 1. The molecule has 0 saturated carbocycles. The van der Waals surface area contributed by atoms with Gasteiger partial charge >= 0.3 is 0 Å². The maximum absolute atomic E-state index is 12.9. The molecule has 0 heterocycles. The number of rotatable bonds is 9. The van der Waals surface area contributed by atoms with Crippen molar-refractivity contribution in [3.63, 3.8) is 0 Å². The molecule has 6 nitrogen and oxygen atoms in total. The Labute approximate surface area is 187 Å². The second kappa shape index (κ2) is 10.4. The van der Waals surface area contributed by atoms with Gasteiger partial charge < -0.3 is 10.1 Å². The summed E-state index contributed by atoms with van der Waals surface area (Å²) in [5.74, 6) is 0.296. The number of sulfonamides is 1. The summed E-state index contributed by atoms with van der Waals surface area (Å²) < 4.78 is 33.4. The van der Waals surface area contributed by atoms with Gasteiger partial charge in [-0.1, -0.05) is 54.1 Å². The summed E-state index contributed by atoms with van der Waals surface area (Å²) >= 11 is 5.86. The van der Waals surface area contributed by atoms with Gasteiger partial charge in [0.05, 0.1) is 12.0 Å². The van der Waals surface area contributed by atoms with Crippen molar-refractivity contribution in [2.75, 3.05) is 7.11 Å². The maximum atomic E-state index is 12.9. The second-order valence-electron chi connectivity index (χ2n) is 6.88. The highest BCUT2D eigenvalue weighted by Gasteiger charge is 2.26. The van der Waals surface area contributed by atoms with Crippen molar-refractivity contribution >= 4 is 27.5 Å². The van der Waals surface area contributed by atoms with Crippen LogP contribution in [0.4, 0.5) is 0 Å². The molecule has 0 unspecified atom stereocenters. The number of benzene rings is 3. The fourth-order valence-corrected chi connectivity index (χ4v) is 4.28. The van der Waals surface area contributed by atoms with E-state index in [0.29, 0.717) is 10.8 Å². The number of methoxy groups -OCH3 is 1. The quantitative estimate of drug-likeness (QED) is 0.513. The molecule has 162 valence electrons. The first-order valence-corrected chi connectivity index (χ1v) is 11.5. The van der Waals surface area contributed by atoms with Gasteiger partial charge in [-0.25, -0.2) is 8.42 Å². The van der Waals surface area contributed by atoms with Crippen LogP contribution in [-0.4, -0.2) is 27.5 Å². The van der Waals surface area contributed by atoms with Crippen LogP contribution in [0.1, 0.15) is 11.1 Å². The third kappa shape index (κ3) is 6.55. The van der Waals surface area contributed by atoms with Crippen molar-refractivity contribution in [3.05, 3.63) is 95.0 Å². The van der Waals surface area contributed by atoms with E-state index >= 15 is 0 Å². The smallest absolute Gasteiger partial charge is 0.241 e. The molecule has 0 spiro atoms. The minimum Gasteiger partial charge on any atom is -0.497 e. The molecule has 0 saturated heterocycles. The van der Waals surface area contributed by atoms with E-state index in [2.05, 4.69) is 10.0 Å². The summed E-state index contributed by atoms with van der Waals surface area (Å²) in [5.41, 5.74) is 1.71. The van der Waals surface area contributed by atoms with Crippen LogP contribution in [0.25, 0.3) is 0 Å². The molecule has 0 radical (unpaired) electrons. The van der Waals surface area contributed by atoms with E-state index in [1.54, 1.807) is 19.2 Å². The van der Waals surface area contributed by atoms with Gasteiger partial charge in [-0.2, -0.15) is 4.72 Å². The van der Waals surface area contributed by atoms with Crippen LogP contribution >= 0.6 is 11.6 Å². The van der Waals surface area contributed by atoms with Gasteiger partial charge in [0.15, 0.2) is 0 Å². The van der Waals surface area contributed by atoms with Crippen LogP contribution in [-0.2, 0) is 27.8 Å². The van der Waals surface area contributed by atoms with Crippen molar-refractivity contribution < 1.29 is 17.9 Å². The Kier molecular flexibility index (Phi) is 7.68. The average molecular weight is 459 g/mol. The zero-order valence-electron chi connectivity index (χ0n) is 16.9. The first-order valence-electron chi connectivity index (χ1n) is 9.60. The Balaban J connectivity index is 1.76. The minimum absolute atomic E-state index is 0.0397. The van der Waals surface area contributed by atoms with Gasteiger partial charge in [0.1, 0.15) is 11.8 Å². The van der Waals surface area contributed by atoms with Crippen molar-refractivity contribution in [3.8, 4) is 5.75 Å². The van der Waals surface area contributed by atoms with Gasteiger partial charge in [-0.05, 0) is 53.9 Å². The molecule has 3 aromatic rings. The molecule has 0 aliphatic heterocycles. The normalized spacial score (nSPS) is 12.2. The maximum Gasteiger partial charge on any atom is 0.241 e. The van der Waals surface area contributed by atoms with E-state index in [1.807, 2.05) is 42.5 Å². The molecular formula is C23H23ClN2O4S. The van der Waals surface area contributed by atoms with Crippen LogP contribution in [0.5, 0.6) is 5.75 Å². The lowest BCUT2D eigenvalue weighted by molar-refractivity contribution is -0.122. The molecule has 2 N–H and O–H groups in total. The zero-order valence-corrected chi connectivity index (χ0v) is 18.5. The molecule has 0 aromatic heterocycles. The predicted octanol–water partition coefficient (Wildman–Crippen LogP) is 3.55. The van der Waals surface area contributed by atoms with Gasteiger partial charge in [0, 0.05) is 11.6 Å². The number of ether oxygens (including phenoxy) is 1. The van der Waals surface area contributed by atoms with E-state index in [1.165, 1.54) is 24.3 Å². The summed E-state index contributed by atoms with van der Waals surface area (Å²) in [6.45, 7) is 0.261. The van der Waals surface area contributed by atoms with Crippen LogP contribution in [0.2, 0.25) is 5.02 Å². The monoisotopic (exact) mass is 458 g/mol. The topological polar surface area (TPSA) is 84.5 Å². The predicted molar refractivity (Wildman–Crippen MR) is 121 cm³/mol. The van der Waals surface area contributed by atoms with E-state index < -0.39 is 22.0 Å². The lowest BCUT2D eigenvalue weighted by Gasteiger charge is -2.19. The minimum atomic E-state index is -3.92. The first-order chi connectivity index (χ1) is 14.9. The number of nitrogens with one attached hydrogen (secondary N) is 2. The number of hydrogen-bond acceptors (Lipinski definition) is 4. The van der Waals surface area contributed by atoms with Crippen LogP contribution < -0.4 is 14.8 Å². The standard InChI is InChI=1S/C23H23ClN2O4S/c1-30-20-11-7-18(8-12-20)16-25-23(27)22(15-17-5-3-2-4-6-17)26-31(28,29)21-13-9-19(24)10-14-21/h2-14,22,26H,15-16H2,1H3,(H,25,27)/t22-/m1/s1. The van der Waals surface area contributed by atoms with Gasteiger partial charge in [0.2, 0.25) is 15.9 Å². The van der Waals surface area contributed by atoms with Crippen molar-refractivity contribution in [1.82, 2.24) is 10.0 Å². The second-order valence-corrected chi connectivity index (χ2v) is 9.03.